The zero-order chi connectivity index (χ0) is 17.5. The SMILES string of the molecule is C[C@@H]1OP(=O)([C@H](NS(=O)(=O)c2ccccc2)C(Cl)(Cl)Cl)O[C@H]1C. The second kappa shape index (κ2) is 6.81. The Morgan fingerprint density at radius 1 is 1.13 bits per heavy atom. The van der Waals surface area contributed by atoms with Crippen molar-refractivity contribution in [2.24, 2.45) is 0 Å². The maximum atomic E-state index is 12.9. The third-order valence-electron chi connectivity index (χ3n) is 3.23. The van der Waals surface area contributed by atoms with Crippen LogP contribution >= 0.6 is 42.4 Å². The predicted molar refractivity (Wildman–Crippen MR) is 89.5 cm³/mol. The molecule has 1 aromatic carbocycles. The third-order valence-corrected chi connectivity index (χ3v) is 8.36. The summed E-state index contributed by atoms with van der Waals surface area (Å²) in [6.07, 6.45) is -1.06. The number of nitrogens with one attached hydrogen (secondary N) is 1. The van der Waals surface area contributed by atoms with E-state index in [4.69, 9.17) is 43.9 Å². The van der Waals surface area contributed by atoms with Crippen LogP contribution in [0.5, 0.6) is 0 Å². The van der Waals surface area contributed by atoms with Crippen molar-refractivity contribution in [2.75, 3.05) is 0 Å². The van der Waals surface area contributed by atoms with Crippen LogP contribution in [0.1, 0.15) is 13.8 Å². The molecule has 1 saturated heterocycles. The van der Waals surface area contributed by atoms with E-state index in [0.29, 0.717) is 0 Å². The topological polar surface area (TPSA) is 81.7 Å². The van der Waals surface area contributed by atoms with Gasteiger partial charge in [-0.1, -0.05) is 53.0 Å². The molecule has 23 heavy (non-hydrogen) atoms. The minimum atomic E-state index is -4.09. The number of alkyl halides is 3. The van der Waals surface area contributed by atoms with Gasteiger partial charge in [-0.3, -0.25) is 4.57 Å². The first-order valence-electron chi connectivity index (χ1n) is 6.56. The molecular weight excluding hydrogens is 408 g/mol. The predicted octanol–water partition coefficient (Wildman–Crippen LogP) is 3.68. The molecule has 0 radical (unpaired) electrons. The lowest BCUT2D eigenvalue weighted by molar-refractivity contribution is 0.187. The molecule has 0 spiro atoms. The molecule has 1 N–H and O–H groups in total. The molecule has 2 rings (SSSR count). The molecule has 130 valence electrons. The number of sulfonamides is 1. The van der Waals surface area contributed by atoms with Crippen LogP contribution in [0.4, 0.5) is 0 Å². The van der Waals surface area contributed by atoms with E-state index in [1.54, 1.807) is 19.9 Å². The van der Waals surface area contributed by atoms with Gasteiger partial charge in [-0.2, -0.15) is 4.72 Å². The minimum absolute atomic E-state index is 0.0638. The van der Waals surface area contributed by atoms with Crippen LogP contribution in [-0.2, 0) is 23.6 Å². The summed E-state index contributed by atoms with van der Waals surface area (Å²) in [7, 11) is -8.11. The van der Waals surface area contributed by atoms with Gasteiger partial charge in [0.15, 0.2) is 5.78 Å². The van der Waals surface area contributed by atoms with Crippen molar-refractivity contribution in [2.45, 2.75) is 40.5 Å². The smallest absolute Gasteiger partial charge is 0.302 e. The molecule has 0 saturated carbocycles. The van der Waals surface area contributed by atoms with Gasteiger partial charge in [0.25, 0.3) is 0 Å². The summed E-state index contributed by atoms with van der Waals surface area (Å²) in [5, 5.41) is 0. The maximum Gasteiger partial charge on any atom is 0.353 e. The zero-order valence-electron chi connectivity index (χ0n) is 12.1. The Bertz CT molecular complexity index is 695. The Morgan fingerprint density at radius 3 is 2.04 bits per heavy atom. The summed E-state index contributed by atoms with van der Waals surface area (Å²) >= 11 is 17.5. The number of hydrogen-bond donors (Lipinski definition) is 1. The van der Waals surface area contributed by atoms with E-state index in [2.05, 4.69) is 4.72 Å². The highest BCUT2D eigenvalue weighted by molar-refractivity contribution is 7.89. The summed E-state index contributed by atoms with van der Waals surface area (Å²) in [4.78, 5) is -0.0638. The van der Waals surface area contributed by atoms with Crippen molar-refractivity contribution in [3.63, 3.8) is 0 Å². The van der Waals surface area contributed by atoms with Crippen molar-refractivity contribution in [3.05, 3.63) is 30.3 Å². The van der Waals surface area contributed by atoms with E-state index in [1.807, 2.05) is 0 Å². The molecule has 1 heterocycles. The molecule has 0 amide bonds. The average Bonchev–Trinajstić information content (AvgIpc) is 2.70. The number of benzene rings is 1. The third kappa shape index (κ3) is 4.41. The lowest BCUT2D eigenvalue weighted by atomic mass is 10.3. The quantitative estimate of drug-likeness (QED) is 0.591. The van der Waals surface area contributed by atoms with Crippen molar-refractivity contribution in [1.29, 1.82) is 0 Å². The normalized spacial score (nSPS) is 26.1. The Balaban J connectivity index is 2.37. The van der Waals surface area contributed by atoms with Crippen LogP contribution in [0.25, 0.3) is 0 Å². The highest BCUT2D eigenvalue weighted by Gasteiger charge is 2.55. The number of rotatable bonds is 4. The van der Waals surface area contributed by atoms with Crippen LogP contribution < -0.4 is 4.72 Å². The molecular formula is C12H15Cl3NO5PS. The summed E-state index contributed by atoms with van der Waals surface area (Å²) in [6.45, 7) is 3.26. The van der Waals surface area contributed by atoms with E-state index < -0.39 is 39.4 Å². The zero-order valence-corrected chi connectivity index (χ0v) is 16.1. The van der Waals surface area contributed by atoms with Gasteiger partial charge in [-0.15, -0.1) is 0 Å². The van der Waals surface area contributed by atoms with Gasteiger partial charge in [-0.25, -0.2) is 8.42 Å². The molecule has 1 fully saturated rings. The molecule has 0 aliphatic carbocycles. The van der Waals surface area contributed by atoms with Gasteiger partial charge in [0.1, 0.15) is 0 Å². The van der Waals surface area contributed by atoms with E-state index in [9.17, 15) is 13.0 Å². The highest BCUT2D eigenvalue weighted by Crippen LogP contribution is 2.64. The second-order valence-electron chi connectivity index (χ2n) is 5.04. The second-order valence-corrected chi connectivity index (χ2v) is 11.1. The summed E-state index contributed by atoms with van der Waals surface area (Å²) in [6, 6.07) is 7.44. The minimum Gasteiger partial charge on any atom is -0.302 e. The molecule has 0 unspecified atom stereocenters. The van der Waals surface area contributed by atoms with Crippen LogP contribution in [0.3, 0.4) is 0 Å². The monoisotopic (exact) mass is 421 g/mol. The summed E-state index contributed by atoms with van der Waals surface area (Å²) < 4.78 is 48.2. The van der Waals surface area contributed by atoms with Crippen molar-refractivity contribution in [3.8, 4) is 0 Å². The van der Waals surface area contributed by atoms with Crippen molar-refractivity contribution >= 4 is 52.4 Å². The van der Waals surface area contributed by atoms with E-state index in [-0.39, 0.29) is 4.90 Å². The van der Waals surface area contributed by atoms with Gasteiger partial charge in [0.05, 0.1) is 17.1 Å². The molecule has 3 atom stereocenters. The standard InChI is InChI=1S/C12H15Cl3NO5PS/c1-8-9(2)21-22(17,20-8)11(12(13,14)15)16-23(18,19)10-6-4-3-5-7-10/h3-9,11,16H,1-2H3/t8-,9-,11-/m0/s1. The Labute approximate surface area is 150 Å². The fourth-order valence-corrected chi connectivity index (χ4v) is 7.32. The number of hydrogen-bond acceptors (Lipinski definition) is 5. The first-order valence-corrected chi connectivity index (χ1v) is 10.8. The average molecular weight is 423 g/mol. The fraction of sp³-hybridized carbons (Fsp3) is 0.500. The molecule has 11 heteroatoms. The molecule has 1 aliphatic heterocycles. The first-order chi connectivity index (χ1) is 10.5. The van der Waals surface area contributed by atoms with Crippen LogP contribution in [0.2, 0.25) is 0 Å². The van der Waals surface area contributed by atoms with Crippen molar-refractivity contribution < 1.29 is 22.0 Å². The molecule has 6 nitrogen and oxygen atoms in total. The fourth-order valence-electron chi connectivity index (χ4n) is 1.91. The van der Waals surface area contributed by atoms with Gasteiger partial charge in [0, 0.05) is 0 Å². The van der Waals surface area contributed by atoms with Crippen LogP contribution in [0, 0.1) is 0 Å². The largest absolute Gasteiger partial charge is 0.353 e. The number of halogens is 3. The Kier molecular flexibility index (Phi) is 5.76. The van der Waals surface area contributed by atoms with E-state index >= 15 is 0 Å². The first kappa shape index (κ1) is 19.5. The van der Waals surface area contributed by atoms with E-state index in [1.165, 1.54) is 24.3 Å². The van der Waals surface area contributed by atoms with Crippen LogP contribution in [-0.4, -0.2) is 30.2 Å². The molecule has 0 aromatic heterocycles. The van der Waals surface area contributed by atoms with Crippen LogP contribution in [0.15, 0.2) is 35.2 Å². The van der Waals surface area contributed by atoms with Crippen molar-refractivity contribution in [1.82, 2.24) is 4.72 Å². The van der Waals surface area contributed by atoms with E-state index in [0.717, 1.165) is 0 Å². The molecule has 1 aliphatic rings. The van der Waals surface area contributed by atoms with Gasteiger partial charge in [-0.05, 0) is 26.0 Å². The van der Waals surface area contributed by atoms with Gasteiger partial charge < -0.3 is 9.05 Å². The Morgan fingerprint density at radius 2 is 1.61 bits per heavy atom. The lowest BCUT2D eigenvalue weighted by Crippen LogP contribution is -2.43. The van der Waals surface area contributed by atoms with Gasteiger partial charge >= 0.3 is 7.60 Å². The molecule has 0 bridgehead atoms. The summed E-state index contributed by atoms with van der Waals surface area (Å²) in [5.74, 6) is -1.68. The lowest BCUT2D eigenvalue weighted by Gasteiger charge is -2.28. The highest BCUT2D eigenvalue weighted by atomic mass is 35.6. The maximum absolute atomic E-state index is 12.9. The Hall–Kier alpha value is 0.150. The summed E-state index contributed by atoms with van der Waals surface area (Å²) in [5.41, 5.74) is 0. The van der Waals surface area contributed by atoms with Gasteiger partial charge in [0.2, 0.25) is 13.8 Å². The molecule has 1 aromatic rings.